The predicted octanol–water partition coefficient (Wildman–Crippen LogP) is 1.49. The van der Waals surface area contributed by atoms with Gasteiger partial charge in [0.15, 0.2) is 0 Å². The Morgan fingerprint density at radius 1 is 1.62 bits per heavy atom. The SMILES string of the molecule is Cc1cc(C2(C(=O)O)CC(N)C2)cc(Cl)n1. The molecule has 16 heavy (non-hydrogen) atoms. The van der Waals surface area contributed by atoms with E-state index in [-0.39, 0.29) is 6.04 Å². The summed E-state index contributed by atoms with van der Waals surface area (Å²) in [5.74, 6) is -0.837. The lowest BCUT2D eigenvalue weighted by Crippen LogP contribution is -2.54. The second-order valence-corrected chi connectivity index (χ2v) is 4.76. The molecule has 0 radical (unpaired) electrons. The summed E-state index contributed by atoms with van der Waals surface area (Å²) in [5, 5.41) is 9.65. The summed E-state index contributed by atoms with van der Waals surface area (Å²) in [6, 6.07) is 3.35. The summed E-state index contributed by atoms with van der Waals surface area (Å²) in [7, 11) is 0. The number of hydrogen-bond acceptors (Lipinski definition) is 3. The van der Waals surface area contributed by atoms with Crippen LogP contribution in [0.5, 0.6) is 0 Å². The number of hydrogen-bond donors (Lipinski definition) is 2. The molecule has 86 valence electrons. The van der Waals surface area contributed by atoms with E-state index in [1.807, 2.05) is 0 Å². The van der Waals surface area contributed by atoms with Crippen LogP contribution >= 0.6 is 11.6 Å². The Kier molecular flexibility index (Phi) is 2.64. The van der Waals surface area contributed by atoms with Gasteiger partial charge in [0.05, 0.1) is 5.41 Å². The number of pyridine rings is 1. The number of rotatable bonds is 2. The van der Waals surface area contributed by atoms with Gasteiger partial charge in [0.2, 0.25) is 0 Å². The second kappa shape index (κ2) is 3.71. The van der Waals surface area contributed by atoms with Crippen LogP contribution in [0.1, 0.15) is 24.1 Å². The molecule has 3 N–H and O–H groups in total. The molecule has 2 rings (SSSR count). The summed E-state index contributed by atoms with van der Waals surface area (Å²) in [6.45, 7) is 1.80. The average molecular weight is 241 g/mol. The van der Waals surface area contributed by atoms with Crippen molar-refractivity contribution in [1.29, 1.82) is 0 Å². The maximum Gasteiger partial charge on any atom is 0.314 e. The molecule has 1 aromatic rings. The smallest absolute Gasteiger partial charge is 0.314 e. The van der Waals surface area contributed by atoms with E-state index in [1.54, 1.807) is 19.1 Å². The third kappa shape index (κ3) is 1.68. The van der Waals surface area contributed by atoms with Crippen LogP contribution in [-0.4, -0.2) is 22.1 Å². The fraction of sp³-hybridized carbons (Fsp3) is 0.455. The number of aryl methyl sites for hydroxylation is 1. The fourth-order valence-corrected chi connectivity index (χ4v) is 2.52. The van der Waals surface area contributed by atoms with Crippen molar-refractivity contribution in [2.45, 2.75) is 31.2 Å². The number of nitrogens with zero attached hydrogens (tertiary/aromatic N) is 1. The first-order chi connectivity index (χ1) is 7.44. The molecule has 0 saturated heterocycles. The molecule has 0 bridgehead atoms. The lowest BCUT2D eigenvalue weighted by atomic mass is 9.62. The minimum atomic E-state index is -0.864. The second-order valence-electron chi connectivity index (χ2n) is 4.38. The zero-order valence-corrected chi connectivity index (χ0v) is 9.66. The summed E-state index contributed by atoms with van der Waals surface area (Å²) >= 11 is 5.84. The van der Waals surface area contributed by atoms with Crippen molar-refractivity contribution in [3.05, 3.63) is 28.5 Å². The van der Waals surface area contributed by atoms with Crippen LogP contribution in [0.15, 0.2) is 12.1 Å². The molecular weight excluding hydrogens is 228 g/mol. The van der Waals surface area contributed by atoms with Crippen molar-refractivity contribution >= 4 is 17.6 Å². The normalized spacial score (nSPS) is 28.6. The van der Waals surface area contributed by atoms with Crippen molar-refractivity contribution in [2.75, 3.05) is 0 Å². The largest absolute Gasteiger partial charge is 0.481 e. The summed E-state index contributed by atoms with van der Waals surface area (Å²) < 4.78 is 0. The standard InChI is InChI=1S/C11H13ClN2O2/c1-6-2-7(3-9(12)14-6)11(10(15)16)4-8(13)5-11/h2-3,8H,4-5,13H2,1H3,(H,15,16). The van der Waals surface area contributed by atoms with Gasteiger partial charge in [0.25, 0.3) is 0 Å². The molecule has 0 unspecified atom stereocenters. The zero-order chi connectivity index (χ0) is 11.9. The van der Waals surface area contributed by atoms with Gasteiger partial charge in [0.1, 0.15) is 5.15 Å². The van der Waals surface area contributed by atoms with E-state index in [1.165, 1.54) is 0 Å². The van der Waals surface area contributed by atoms with Gasteiger partial charge in [0, 0.05) is 11.7 Å². The first-order valence-corrected chi connectivity index (χ1v) is 5.45. The van der Waals surface area contributed by atoms with Crippen LogP contribution in [0, 0.1) is 6.92 Å². The van der Waals surface area contributed by atoms with Gasteiger partial charge >= 0.3 is 5.97 Å². The number of carboxylic acids is 1. The predicted molar refractivity (Wildman–Crippen MR) is 60.5 cm³/mol. The highest BCUT2D eigenvalue weighted by atomic mass is 35.5. The molecule has 5 heteroatoms. The van der Waals surface area contributed by atoms with Crippen LogP contribution in [0.25, 0.3) is 0 Å². The van der Waals surface area contributed by atoms with Gasteiger partial charge in [-0.3, -0.25) is 4.79 Å². The highest BCUT2D eigenvalue weighted by Crippen LogP contribution is 2.43. The number of aromatic nitrogens is 1. The topological polar surface area (TPSA) is 76.2 Å². The molecule has 1 aliphatic rings. The van der Waals surface area contributed by atoms with Crippen LogP contribution in [0.3, 0.4) is 0 Å². The van der Waals surface area contributed by atoms with E-state index in [4.69, 9.17) is 17.3 Å². The van der Waals surface area contributed by atoms with E-state index in [0.29, 0.717) is 23.6 Å². The maximum absolute atomic E-state index is 11.4. The summed E-state index contributed by atoms with van der Waals surface area (Å²) in [6.07, 6.45) is 0.921. The van der Waals surface area contributed by atoms with Gasteiger partial charge in [-0.2, -0.15) is 0 Å². The van der Waals surface area contributed by atoms with Crippen LogP contribution in [0.2, 0.25) is 5.15 Å². The molecule has 0 spiro atoms. The van der Waals surface area contributed by atoms with Crippen molar-refractivity contribution in [3.63, 3.8) is 0 Å². The molecule has 1 fully saturated rings. The monoisotopic (exact) mass is 240 g/mol. The van der Waals surface area contributed by atoms with Crippen LogP contribution in [0.4, 0.5) is 0 Å². The van der Waals surface area contributed by atoms with Gasteiger partial charge in [-0.15, -0.1) is 0 Å². The molecular formula is C11H13ClN2O2. The van der Waals surface area contributed by atoms with E-state index in [0.717, 1.165) is 5.69 Å². The Balaban J connectivity index is 2.45. The maximum atomic E-state index is 11.4. The van der Waals surface area contributed by atoms with Crippen molar-refractivity contribution in [3.8, 4) is 0 Å². The van der Waals surface area contributed by atoms with Crippen molar-refractivity contribution in [2.24, 2.45) is 5.73 Å². The Bertz CT molecular complexity index is 421. The van der Waals surface area contributed by atoms with E-state index in [9.17, 15) is 9.90 Å². The molecule has 0 amide bonds. The molecule has 4 nitrogen and oxygen atoms in total. The molecule has 0 aliphatic heterocycles. The number of nitrogens with two attached hydrogens (primary N) is 1. The summed E-state index contributed by atoms with van der Waals surface area (Å²) in [5.41, 5.74) is 6.26. The highest BCUT2D eigenvalue weighted by Gasteiger charge is 2.50. The van der Waals surface area contributed by atoms with Crippen LogP contribution < -0.4 is 5.73 Å². The lowest BCUT2D eigenvalue weighted by molar-refractivity contribution is -0.148. The molecule has 1 saturated carbocycles. The number of carboxylic acid groups (broad SMARTS) is 1. The Morgan fingerprint density at radius 2 is 2.25 bits per heavy atom. The van der Waals surface area contributed by atoms with Gasteiger partial charge in [-0.05, 0) is 37.5 Å². The Morgan fingerprint density at radius 3 is 2.69 bits per heavy atom. The van der Waals surface area contributed by atoms with Gasteiger partial charge < -0.3 is 10.8 Å². The summed E-state index contributed by atoms with van der Waals surface area (Å²) in [4.78, 5) is 15.4. The molecule has 1 aliphatic carbocycles. The zero-order valence-electron chi connectivity index (χ0n) is 8.90. The molecule has 0 aromatic carbocycles. The van der Waals surface area contributed by atoms with Gasteiger partial charge in [-0.25, -0.2) is 4.98 Å². The molecule has 1 aromatic heterocycles. The Labute approximate surface area is 98.4 Å². The fourth-order valence-electron chi connectivity index (χ4n) is 2.27. The number of carbonyl (C=O) groups is 1. The molecule has 0 atom stereocenters. The van der Waals surface area contributed by atoms with E-state index in [2.05, 4.69) is 4.98 Å². The average Bonchev–Trinajstić information content (AvgIpc) is 2.10. The quantitative estimate of drug-likeness (QED) is 0.768. The minimum Gasteiger partial charge on any atom is -0.481 e. The van der Waals surface area contributed by atoms with Gasteiger partial charge in [-0.1, -0.05) is 11.6 Å². The Hall–Kier alpha value is -1.13. The van der Waals surface area contributed by atoms with Crippen LogP contribution in [-0.2, 0) is 10.2 Å². The van der Waals surface area contributed by atoms with E-state index >= 15 is 0 Å². The minimum absolute atomic E-state index is 0.0386. The first-order valence-electron chi connectivity index (χ1n) is 5.08. The van der Waals surface area contributed by atoms with Crippen molar-refractivity contribution in [1.82, 2.24) is 4.98 Å². The number of aliphatic carboxylic acids is 1. The lowest BCUT2D eigenvalue weighted by Gasteiger charge is -2.43. The first kappa shape index (κ1) is 11.4. The third-order valence-corrected chi connectivity index (χ3v) is 3.30. The molecule has 1 heterocycles. The highest BCUT2D eigenvalue weighted by molar-refractivity contribution is 6.29. The van der Waals surface area contributed by atoms with E-state index < -0.39 is 11.4 Å². The van der Waals surface area contributed by atoms with Crippen molar-refractivity contribution < 1.29 is 9.90 Å². The number of halogens is 1. The third-order valence-electron chi connectivity index (χ3n) is 3.11.